The van der Waals surface area contributed by atoms with Crippen molar-refractivity contribution in [2.45, 2.75) is 26.8 Å². The molecule has 0 aliphatic rings. The van der Waals surface area contributed by atoms with Crippen LogP contribution in [0, 0.1) is 0 Å². The van der Waals surface area contributed by atoms with E-state index in [-0.39, 0.29) is 7.43 Å². The maximum absolute atomic E-state index is 6.13. The van der Waals surface area contributed by atoms with Gasteiger partial charge in [0.25, 0.3) is 0 Å². The SMILES string of the molecule is C.CCn1c(-c2ccccc2-c2cccc(CCl)c2)nc(-c2ccccc2)c1-c1ccccc1. The Balaban J connectivity index is 0.00000274. The molecule has 0 aliphatic heterocycles. The molecule has 0 amide bonds. The van der Waals surface area contributed by atoms with E-state index < -0.39 is 0 Å². The van der Waals surface area contributed by atoms with E-state index in [0.717, 1.165) is 51.6 Å². The van der Waals surface area contributed by atoms with E-state index in [2.05, 4.69) is 115 Å². The van der Waals surface area contributed by atoms with Crippen LogP contribution in [-0.2, 0) is 12.4 Å². The van der Waals surface area contributed by atoms with Crippen LogP contribution in [0.15, 0.2) is 109 Å². The Morgan fingerprint density at radius 3 is 1.91 bits per heavy atom. The Bertz CT molecular complexity index is 1370. The number of alkyl halides is 1. The summed E-state index contributed by atoms with van der Waals surface area (Å²) in [5.74, 6) is 1.47. The quantitative estimate of drug-likeness (QED) is 0.229. The summed E-state index contributed by atoms with van der Waals surface area (Å²) in [5.41, 5.74) is 8.96. The van der Waals surface area contributed by atoms with Gasteiger partial charge in [0.05, 0.1) is 11.4 Å². The molecule has 2 nitrogen and oxygen atoms in total. The molecule has 0 saturated heterocycles. The van der Waals surface area contributed by atoms with Gasteiger partial charge in [-0.1, -0.05) is 111 Å². The zero-order valence-electron chi connectivity index (χ0n) is 18.6. The molecule has 0 saturated carbocycles. The molecule has 5 aromatic rings. The highest BCUT2D eigenvalue weighted by Crippen LogP contribution is 2.39. The normalized spacial score (nSPS) is 10.6. The molecule has 34 heavy (non-hydrogen) atoms. The molecule has 3 heteroatoms. The second-order valence-corrected chi connectivity index (χ2v) is 8.26. The first-order valence-corrected chi connectivity index (χ1v) is 11.8. The molecule has 5 rings (SSSR count). The molecule has 0 bridgehead atoms. The van der Waals surface area contributed by atoms with Gasteiger partial charge in [0, 0.05) is 29.1 Å². The average Bonchev–Trinajstić information content (AvgIpc) is 3.29. The molecule has 0 N–H and O–H groups in total. The number of aromatic nitrogens is 2. The van der Waals surface area contributed by atoms with E-state index in [0.29, 0.717) is 5.88 Å². The van der Waals surface area contributed by atoms with Crippen LogP contribution in [0.2, 0.25) is 0 Å². The minimum absolute atomic E-state index is 0. The van der Waals surface area contributed by atoms with Crippen LogP contribution < -0.4 is 0 Å². The van der Waals surface area contributed by atoms with Crippen LogP contribution in [0.25, 0.3) is 45.0 Å². The summed E-state index contributed by atoms with van der Waals surface area (Å²) in [6.07, 6.45) is 0. The summed E-state index contributed by atoms with van der Waals surface area (Å²) >= 11 is 6.13. The van der Waals surface area contributed by atoms with E-state index in [1.54, 1.807) is 0 Å². The zero-order chi connectivity index (χ0) is 22.6. The Morgan fingerprint density at radius 2 is 1.26 bits per heavy atom. The van der Waals surface area contributed by atoms with Gasteiger partial charge in [-0.25, -0.2) is 4.98 Å². The van der Waals surface area contributed by atoms with E-state index in [9.17, 15) is 0 Å². The Morgan fingerprint density at radius 1 is 0.676 bits per heavy atom. The number of benzene rings is 4. The van der Waals surface area contributed by atoms with Crippen LogP contribution in [0.1, 0.15) is 19.9 Å². The van der Waals surface area contributed by atoms with Gasteiger partial charge < -0.3 is 4.57 Å². The minimum atomic E-state index is 0. The van der Waals surface area contributed by atoms with Crippen LogP contribution >= 0.6 is 11.6 Å². The topological polar surface area (TPSA) is 17.8 Å². The summed E-state index contributed by atoms with van der Waals surface area (Å²) in [7, 11) is 0. The third kappa shape index (κ3) is 4.42. The van der Waals surface area contributed by atoms with Gasteiger partial charge in [0.15, 0.2) is 0 Å². The molecular weight excluding hydrogens is 436 g/mol. The molecule has 0 atom stereocenters. The van der Waals surface area contributed by atoms with Crippen molar-refractivity contribution in [3.63, 3.8) is 0 Å². The highest BCUT2D eigenvalue weighted by Gasteiger charge is 2.22. The fourth-order valence-electron chi connectivity index (χ4n) is 4.40. The predicted molar refractivity (Wildman–Crippen MR) is 146 cm³/mol. The third-order valence-corrected chi connectivity index (χ3v) is 6.25. The van der Waals surface area contributed by atoms with Crippen molar-refractivity contribution in [3.05, 3.63) is 115 Å². The predicted octanol–water partition coefficient (Wildman–Crippen LogP) is 8.95. The van der Waals surface area contributed by atoms with Gasteiger partial charge in [0.2, 0.25) is 0 Å². The van der Waals surface area contributed by atoms with Crippen molar-refractivity contribution in [2.24, 2.45) is 0 Å². The van der Waals surface area contributed by atoms with Crippen molar-refractivity contribution in [3.8, 4) is 45.0 Å². The van der Waals surface area contributed by atoms with Gasteiger partial charge in [-0.2, -0.15) is 0 Å². The molecule has 4 aromatic carbocycles. The zero-order valence-corrected chi connectivity index (χ0v) is 19.3. The lowest BCUT2D eigenvalue weighted by atomic mass is 9.98. The Hall–Kier alpha value is -3.62. The highest BCUT2D eigenvalue weighted by atomic mass is 35.5. The first kappa shape index (κ1) is 23.5. The van der Waals surface area contributed by atoms with E-state index in [1.807, 2.05) is 6.07 Å². The van der Waals surface area contributed by atoms with Gasteiger partial charge >= 0.3 is 0 Å². The van der Waals surface area contributed by atoms with Crippen molar-refractivity contribution >= 4 is 11.6 Å². The second-order valence-electron chi connectivity index (χ2n) is 7.99. The maximum Gasteiger partial charge on any atom is 0.141 e. The molecule has 0 unspecified atom stereocenters. The average molecular weight is 465 g/mol. The van der Waals surface area contributed by atoms with E-state index in [4.69, 9.17) is 16.6 Å². The van der Waals surface area contributed by atoms with Crippen molar-refractivity contribution in [1.82, 2.24) is 9.55 Å². The van der Waals surface area contributed by atoms with E-state index >= 15 is 0 Å². The van der Waals surface area contributed by atoms with Crippen LogP contribution in [0.3, 0.4) is 0 Å². The third-order valence-electron chi connectivity index (χ3n) is 5.94. The molecule has 0 spiro atoms. The van der Waals surface area contributed by atoms with Gasteiger partial charge in [-0.15, -0.1) is 11.6 Å². The van der Waals surface area contributed by atoms with E-state index in [1.165, 1.54) is 5.56 Å². The molecule has 0 radical (unpaired) electrons. The van der Waals surface area contributed by atoms with Crippen molar-refractivity contribution in [1.29, 1.82) is 0 Å². The first-order chi connectivity index (χ1) is 16.3. The van der Waals surface area contributed by atoms with Crippen molar-refractivity contribution < 1.29 is 0 Å². The first-order valence-electron chi connectivity index (χ1n) is 11.3. The number of rotatable bonds is 6. The fraction of sp³-hybridized carbons (Fsp3) is 0.129. The molecule has 1 aromatic heterocycles. The number of halogens is 1. The van der Waals surface area contributed by atoms with Gasteiger partial charge in [-0.05, 0) is 29.7 Å². The summed E-state index contributed by atoms with van der Waals surface area (Å²) in [6, 6.07) is 38.0. The number of nitrogens with zero attached hydrogens (tertiary/aromatic N) is 2. The number of hydrogen-bond donors (Lipinski definition) is 0. The summed E-state index contributed by atoms with van der Waals surface area (Å²) in [6.45, 7) is 3.00. The highest BCUT2D eigenvalue weighted by molar-refractivity contribution is 6.17. The molecule has 0 aliphatic carbocycles. The summed E-state index contributed by atoms with van der Waals surface area (Å²) in [4.78, 5) is 5.26. The largest absolute Gasteiger partial charge is 0.324 e. The van der Waals surface area contributed by atoms with Crippen LogP contribution in [0.4, 0.5) is 0 Å². The lowest BCUT2D eigenvalue weighted by Gasteiger charge is -2.14. The van der Waals surface area contributed by atoms with Crippen LogP contribution in [-0.4, -0.2) is 9.55 Å². The summed E-state index contributed by atoms with van der Waals surface area (Å²) < 4.78 is 2.34. The maximum atomic E-state index is 6.13. The van der Waals surface area contributed by atoms with Crippen molar-refractivity contribution in [2.75, 3.05) is 0 Å². The number of hydrogen-bond acceptors (Lipinski definition) is 1. The molecular formula is C31H29ClN2. The van der Waals surface area contributed by atoms with Crippen LogP contribution in [0.5, 0.6) is 0 Å². The standard InChI is InChI=1S/C30H25ClN2.CH4/c1-2-33-29(24-15-7-4-8-16-24)28(23-13-5-3-6-14-23)32-30(33)27-19-10-9-18-26(27)25-17-11-12-22(20-25)21-31;/h3-20H,2,21H2,1H3;1H4. The molecule has 170 valence electrons. The fourth-order valence-corrected chi connectivity index (χ4v) is 4.57. The lowest BCUT2D eigenvalue weighted by molar-refractivity contribution is 0.778. The number of imidazole rings is 1. The Kier molecular flexibility index (Phi) is 7.30. The molecule has 0 fully saturated rings. The smallest absolute Gasteiger partial charge is 0.141 e. The minimum Gasteiger partial charge on any atom is -0.324 e. The monoisotopic (exact) mass is 464 g/mol. The summed E-state index contributed by atoms with van der Waals surface area (Å²) in [5, 5.41) is 0. The molecule has 1 heterocycles. The Labute approximate surface area is 207 Å². The lowest BCUT2D eigenvalue weighted by Crippen LogP contribution is -2.01. The van der Waals surface area contributed by atoms with Gasteiger partial charge in [0.1, 0.15) is 5.82 Å². The van der Waals surface area contributed by atoms with Gasteiger partial charge in [-0.3, -0.25) is 0 Å². The second kappa shape index (κ2) is 10.5.